The Morgan fingerprint density at radius 2 is 1.90 bits per heavy atom. The molecule has 2 aromatic rings. The molecule has 2 aromatic carbocycles. The maximum absolute atomic E-state index is 12.8. The van der Waals surface area contributed by atoms with E-state index in [1.165, 1.54) is 12.1 Å². The van der Waals surface area contributed by atoms with Gasteiger partial charge in [-0.1, -0.05) is 28.1 Å². The molecule has 0 radical (unpaired) electrons. The van der Waals surface area contributed by atoms with Crippen molar-refractivity contribution in [1.29, 1.82) is 0 Å². The number of hydrogen-bond acceptors (Lipinski definition) is 2. The summed E-state index contributed by atoms with van der Waals surface area (Å²) in [6.45, 7) is 0.419. The van der Waals surface area contributed by atoms with Crippen molar-refractivity contribution in [2.75, 3.05) is 7.05 Å². The zero-order valence-corrected chi connectivity index (χ0v) is 13.3. The van der Waals surface area contributed by atoms with Crippen molar-refractivity contribution in [3.63, 3.8) is 0 Å². The van der Waals surface area contributed by atoms with E-state index in [0.29, 0.717) is 17.0 Å². The first-order valence-corrected chi connectivity index (χ1v) is 7.20. The summed E-state index contributed by atoms with van der Waals surface area (Å²) in [4.78, 5) is 14.5. The van der Waals surface area contributed by atoms with Gasteiger partial charge in [-0.05, 0) is 35.9 Å². The Hall–Kier alpha value is -1.33. The monoisotopic (exact) mass is 353 g/mol. The molecule has 0 N–H and O–H groups in total. The molecule has 5 heteroatoms. The molecular weight excluding hydrogens is 341 g/mol. The smallest absolute Gasteiger partial charge is 0.255 e. The first-order chi connectivity index (χ1) is 9.47. The Morgan fingerprint density at radius 3 is 2.50 bits per heavy atom. The van der Waals surface area contributed by atoms with Crippen molar-refractivity contribution >= 4 is 34.5 Å². The van der Waals surface area contributed by atoms with Gasteiger partial charge >= 0.3 is 0 Å². The number of carbonyl (C=O) groups is 1. The van der Waals surface area contributed by atoms with E-state index in [1.807, 2.05) is 0 Å². The van der Waals surface area contributed by atoms with Crippen LogP contribution in [0.4, 0.5) is 4.39 Å². The zero-order valence-electron chi connectivity index (χ0n) is 10.8. The molecule has 1 amide bonds. The van der Waals surface area contributed by atoms with Gasteiger partial charge in [-0.3, -0.25) is 4.79 Å². The van der Waals surface area contributed by atoms with Crippen LogP contribution in [0.1, 0.15) is 15.9 Å². The lowest BCUT2D eigenvalue weighted by Crippen LogP contribution is -2.26. The second kappa shape index (κ2) is 6.41. The van der Waals surface area contributed by atoms with Gasteiger partial charge in [0.2, 0.25) is 0 Å². The highest BCUT2D eigenvalue weighted by atomic mass is 79.9. The van der Waals surface area contributed by atoms with Crippen LogP contribution >= 0.6 is 28.6 Å². The topological polar surface area (TPSA) is 20.3 Å². The summed E-state index contributed by atoms with van der Waals surface area (Å²) >= 11 is 7.65. The van der Waals surface area contributed by atoms with Gasteiger partial charge in [-0.25, -0.2) is 4.39 Å². The summed E-state index contributed by atoms with van der Waals surface area (Å²) in [5, 5.41) is 0. The highest BCUT2D eigenvalue weighted by Crippen LogP contribution is 2.21. The number of halogens is 2. The number of thiol groups is 1. The minimum atomic E-state index is -0.284. The SMILES string of the molecule is CN(Cc1ccc(F)cc1)C(=O)c1ccc(Br)cc1S. The van der Waals surface area contributed by atoms with Gasteiger partial charge in [-0.2, -0.15) is 0 Å². The molecule has 20 heavy (non-hydrogen) atoms. The van der Waals surface area contributed by atoms with E-state index in [2.05, 4.69) is 28.6 Å². The normalized spacial score (nSPS) is 10.4. The number of rotatable bonds is 3. The average Bonchev–Trinajstić information content (AvgIpc) is 2.40. The minimum Gasteiger partial charge on any atom is -0.337 e. The van der Waals surface area contributed by atoms with Gasteiger partial charge < -0.3 is 4.90 Å². The van der Waals surface area contributed by atoms with Gasteiger partial charge in [0.05, 0.1) is 5.56 Å². The van der Waals surface area contributed by atoms with Crippen molar-refractivity contribution in [2.45, 2.75) is 11.4 Å². The molecule has 0 atom stereocenters. The Morgan fingerprint density at radius 1 is 1.25 bits per heavy atom. The van der Waals surface area contributed by atoms with E-state index in [9.17, 15) is 9.18 Å². The molecule has 0 fully saturated rings. The van der Waals surface area contributed by atoms with Gasteiger partial charge in [-0.15, -0.1) is 12.6 Å². The third-order valence-corrected chi connectivity index (χ3v) is 3.73. The molecule has 2 nitrogen and oxygen atoms in total. The first-order valence-electron chi connectivity index (χ1n) is 5.96. The van der Waals surface area contributed by atoms with Crippen LogP contribution in [-0.4, -0.2) is 17.9 Å². The van der Waals surface area contributed by atoms with Crippen LogP contribution < -0.4 is 0 Å². The maximum Gasteiger partial charge on any atom is 0.255 e. The van der Waals surface area contributed by atoms with Crippen LogP contribution in [0.15, 0.2) is 51.8 Å². The quantitative estimate of drug-likeness (QED) is 0.821. The number of nitrogens with zero attached hydrogens (tertiary/aromatic N) is 1. The van der Waals surface area contributed by atoms with Crippen molar-refractivity contribution in [3.05, 3.63) is 63.9 Å². The summed E-state index contributed by atoms with van der Waals surface area (Å²) in [6.07, 6.45) is 0. The molecule has 0 aliphatic heterocycles. The molecule has 0 aliphatic carbocycles. The first kappa shape index (κ1) is 15.1. The van der Waals surface area contributed by atoms with Crippen LogP contribution in [0.3, 0.4) is 0 Å². The Labute approximate surface area is 131 Å². The average molecular weight is 354 g/mol. The van der Waals surface area contributed by atoms with Crippen molar-refractivity contribution in [3.8, 4) is 0 Å². The number of benzene rings is 2. The molecule has 0 aliphatic rings. The predicted octanol–water partition coefficient (Wildman–Crippen LogP) is 4.15. The molecule has 104 valence electrons. The van der Waals surface area contributed by atoms with E-state index in [0.717, 1.165) is 10.0 Å². The Kier molecular flexibility index (Phi) is 4.83. The fourth-order valence-corrected chi connectivity index (χ4v) is 2.67. The highest BCUT2D eigenvalue weighted by Gasteiger charge is 2.15. The molecule has 2 rings (SSSR count). The minimum absolute atomic E-state index is 0.119. The summed E-state index contributed by atoms with van der Waals surface area (Å²) in [7, 11) is 1.71. The van der Waals surface area contributed by atoms with E-state index in [1.54, 1.807) is 42.3 Å². The van der Waals surface area contributed by atoms with E-state index < -0.39 is 0 Å². The molecule has 0 bridgehead atoms. The van der Waals surface area contributed by atoms with Crippen LogP contribution in [0.25, 0.3) is 0 Å². The van der Waals surface area contributed by atoms with E-state index >= 15 is 0 Å². The zero-order chi connectivity index (χ0) is 14.7. The summed E-state index contributed by atoms with van der Waals surface area (Å²) in [5.41, 5.74) is 1.42. The third kappa shape index (κ3) is 3.61. The fourth-order valence-electron chi connectivity index (χ4n) is 1.83. The number of carbonyl (C=O) groups excluding carboxylic acids is 1. The van der Waals surface area contributed by atoms with Gasteiger partial charge in [0, 0.05) is 23.0 Å². The lowest BCUT2D eigenvalue weighted by Gasteiger charge is -2.18. The van der Waals surface area contributed by atoms with Gasteiger partial charge in [0.15, 0.2) is 0 Å². The van der Waals surface area contributed by atoms with Crippen LogP contribution in [-0.2, 0) is 6.54 Å². The van der Waals surface area contributed by atoms with E-state index in [-0.39, 0.29) is 11.7 Å². The second-order valence-corrected chi connectivity index (χ2v) is 5.85. The summed E-state index contributed by atoms with van der Waals surface area (Å²) in [6, 6.07) is 11.4. The fraction of sp³-hybridized carbons (Fsp3) is 0.133. The third-order valence-electron chi connectivity index (χ3n) is 2.87. The van der Waals surface area contributed by atoms with Crippen LogP contribution in [0.2, 0.25) is 0 Å². The Bertz CT molecular complexity index is 630. The standard InChI is InChI=1S/C15H13BrFNOS/c1-18(9-10-2-5-12(17)6-3-10)15(19)13-7-4-11(16)8-14(13)20/h2-8,20H,9H2,1H3. The van der Waals surface area contributed by atoms with Crippen LogP contribution in [0, 0.1) is 5.82 Å². The van der Waals surface area contributed by atoms with Crippen molar-refractivity contribution in [1.82, 2.24) is 4.90 Å². The van der Waals surface area contributed by atoms with E-state index in [4.69, 9.17) is 0 Å². The number of amides is 1. The summed E-state index contributed by atoms with van der Waals surface area (Å²) < 4.78 is 13.7. The molecular formula is C15H13BrFNOS. The lowest BCUT2D eigenvalue weighted by molar-refractivity contribution is 0.0781. The predicted molar refractivity (Wildman–Crippen MR) is 83.6 cm³/mol. The lowest BCUT2D eigenvalue weighted by atomic mass is 10.1. The van der Waals surface area contributed by atoms with Crippen molar-refractivity contribution < 1.29 is 9.18 Å². The maximum atomic E-state index is 12.8. The molecule has 0 unspecified atom stereocenters. The van der Waals surface area contributed by atoms with Gasteiger partial charge in [0.25, 0.3) is 5.91 Å². The second-order valence-electron chi connectivity index (χ2n) is 4.45. The van der Waals surface area contributed by atoms with Gasteiger partial charge in [0.1, 0.15) is 5.82 Å². The largest absolute Gasteiger partial charge is 0.337 e. The van der Waals surface area contributed by atoms with Crippen molar-refractivity contribution in [2.24, 2.45) is 0 Å². The molecule has 0 saturated carbocycles. The molecule has 0 heterocycles. The molecule has 0 spiro atoms. The summed E-state index contributed by atoms with van der Waals surface area (Å²) in [5.74, 6) is -0.403. The van der Waals surface area contributed by atoms with Crippen LogP contribution in [0.5, 0.6) is 0 Å². The molecule has 0 saturated heterocycles. The Balaban J connectivity index is 2.14. The number of hydrogen-bond donors (Lipinski definition) is 1. The highest BCUT2D eigenvalue weighted by molar-refractivity contribution is 9.10. The molecule has 0 aromatic heterocycles.